The van der Waals surface area contributed by atoms with Gasteiger partial charge in [-0.2, -0.15) is 0 Å². The third-order valence-corrected chi connectivity index (χ3v) is 4.10. The lowest BCUT2D eigenvalue weighted by molar-refractivity contribution is -0.127. The lowest BCUT2D eigenvalue weighted by Gasteiger charge is -2.30. The number of nitrogens with one attached hydrogen (secondary N) is 1. The smallest absolute Gasteiger partial charge is 0.237 e. The summed E-state index contributed by atoms with van der Waals surface area (Å²) in [4.78, 5) is 22.6. The fourth-order valence-corrected chi connectivity index (χ4v) is 2.91. The molecule has 1 atom stereocenters. The highest BCUT2D eigenvalue weighted by atomic mass is 16.2. The van der Waals surface area contributed by atoms with E-state index in [1.807, 2.05) is 6.07 Å². The van der Waals surface area contributed by atoms with Crippen LogP contribution < -0.4 is 16.8 Å². The number of nitrogens with two attached hydrogens (primary N) is 2. The van der Waals surface area contributed by atoms with Gasteiger partial charge in [-0.3, -0.25) is 9.59 Å². The second-order valence-corrected chi connectivity index (χ2v) is 5.74. The number of hydrogen-bond donors (Lipinski definition) is 3. The van der Waals surface area contributed by atoms with Gasteiger partial charge < -0.3 is 16.8 Å². The fourth-order valence-electron chi connectivity index (χ4n) is 2.91. The summed E-state index contributed by atoms with van der Waals surface area (Å²) in [6, 6.07) is 9.78. The van der Waals surface area contributed by atoms with Crippen molar-refractivity contribution in [1.82, 2.24) is 5.32 Å². The molecule has 1 aliphatic rings. The molecule has 0 saturated heterocycles. The summed E-state index contributed by atoms with van der Waals surface area (Å²) < 4.78 is 0. The van der Waals surface area contributed by atoms with E-state index in [0.717, 1.165) is 25.7 Å². The van der Waals surface area contributed by atoms with Crippen LogP contribution in [-0.4, -0.2) is 23.9 Å². The molecule has 21 heavy (non-hydrogen) atoms. The van der Waals surface area contributed by atoms with Crippen molar-refractivity contribution in [2.24, 2.45) is 11.5 Å². The van der Waals surface area contributed by atoms with Gasteiger partial charge >= 0.3 is 0 Å². The van der Waals surface area contributed by atoms with E-state index in [9.17, 15) is 9.59 Å². The van der Waals surface area contributed by atoms with Crippen LogP contribution in [0.3, 0.4) is 0 Å². The maximum absolute atomic E-state index is 11.9. The minimum Gasteiger partial charge on any atom is -0.370 e. The zero-order valence-electron chi connectivity index (χ0n) is 12.1. The van der Waals surface area contributed by atoms with E-state index >= 15 is 0 Å². The van der Waals surface area contributed by atoms with Gasteiger partial charge in [0, 0.05) is 6.04 Å². The van der Waals surface area contributed by atoms with Crippen molar-refractivity contribution in [2.45, 2.75) is 50.1 Å². The molecule has 1 fully saturated rings. The number of amides is 2. The summed E-state index contributed by atoms with van der Waals surface area (Å²) in [6.45, 7) is 0. The van der Waals surface area contributed by atoms with Gasteiger partial charge in [0.2, 0.25) is 11.8 Å². The van der Waals surface area contributed by atoms with Gasteiger partial charge in [0.25, 0.3) is 0 Å². The zero-order chi connectivity index (χ0) is 15.2. The number of rotatable bonds is 5. The first kappa shape index (κ1) is 15.5. The Hall–Kier alpha value is -1.88. The maximum atomic E-state index is 11.9. The Morgan fingerprint density at radius 2 is 1.76 bits per heavy atom. The zero-order valence-corrected chi connectivity index (χ0v) is 12.1. The van der Waals surface area contributed by atoms with Crippen molar-refractivity contribution in [3.8, 4) is 0 Å². The van der Waals surface area contributed by atoms with Gasteiger partial charge in [0.05, 0.1) is 12.5 Å². The highest BCUT2D eigenvalue weighted by Crippen LogP contribution is 2.32. The number of carbonyl (C=O) groups is 2. The van der Waals surface area contributed by atoms with E-state index in [-0.39, 0.29) is 18.4 Å². The predicted octanol–water partition coefficient (Wildman–Crippen LogP) is 1.03. The molecule has 1 unspecified atom stereocenters. The normalized spacial score (nSPS) is 23.3. The largest absolute Gasteiger partial charge is 0.370 e. The van der Waals surface area contributed by atoms with E-state index in [2.05, 4.69) is 29.6 Å². The van der Waals surface area contributed by atoms with Crippen LogP contribution in [0.4, 0.5) is 0 Å². The Balaban J connectivity index is 1.79. The Labute approximate surface area is 125 Å². The highest BCUT2D eigenvalue weighted by molar-refractivity contribution is 5.87. The van der Waals surface area contributed by atoms with Crippen LogP contribution in [0.1, 0.15) is 43.6 Å². The fraction of sp³-hybridized carbons (Fsp3) is 0.500. The van der Waals surface area contributed by atoms with Crippen LogP contribution >= 0.6 is 0 Å². The highest BCUT2D eigenvalue weighted by Gasteiger charge is 2.25. The molecular formula is C16H23N3O2. The summed E-state index contributed by atoms with van der Waals surface area (Å²) in [5.74, 6) is -0.263. The van der Waals surface area contributed by atoms with Crippen LogP contribution in [-0.2, 0) is 9.59 Å². The van der Waals surface area contributed by atoms with E-state index in [4.69, 9.17) is 11.5 Å². The molecular weight excluding hydrogens is 266 g/mol. The van der Waals surface area contributed by atoms with Gasteiger partial charge in [0.15, 0.2) is 0 Å². The molecule has 0 aliphatic heterocycles. The van der Waals surface area contributed by atoms with E-state index < -0.39 is 11.9 Å². The quantitative estimate of drug-likeness (QED) is 0.755. The second-order valence-electron chi connectivity index (χ2n) is 5.74. The van der Waals surface area contributed by atoms with E-state index in [1.54, 1.807) is 0 Å². The first-order chi connectivity index (χ1) is 10.1. The summed E-state index contributed by atoms with van der Waals surface area (Å²) in [6.07, 6.45) is 3.88. The first-order valence-electron chi connectivity index (χ1n) is 7.45. The Morgan fingerprint density at radius 3 is 2.33 bits per heavy atom. The molecule has 114 valence electrons. The number of primary amides is 1. The number of hydrogen-bond acceptors (Lipinski definition) is 3. The van der Waals surface area contributed by atoms with E-state index in [1.165, 1.54) is 5.56 Å². The minimum atomic E-state index is -0.839. The van der Waals surface area contributed by atoms with Crippen molar-refractivity contribution in [3.05, 3.63) is 35.9 Å². The average Bonchev–Trinajstić information content (AvgIpc) is 2.48. The van der Waals surface area contributed by atoms with Gasteiger partial charge in [-0.25, -0.2) is 0 Å². The molecule has 1 aliphatic carbocycles. The van der Waals surface area contributed by atoms with Crippen molar-refractivity contribution in [2.75, 3.05) is 0 Å². The summed E-state index contributed by atoms with van der Waals surface area (Å²) in [5.41, 5.74) is 12.1. The van der Waals surface area contributed by atoms with Gasteiger partial charge in [-0.1, -0.05) is 30.3 Å². The third kappa shape index (κ3) is 4.56. The number of benzene rings is 1. The molecule has 1 aromatic rings. The molecule has 5 heteroatoms. The standard InChI is InChI=1S/C16H23N3O2/c17-14(10-15(18)20)16(21)19-13-8-6-12(7-9-13)11-4-2-1-3-5-11/h1-5,12-14H,6-10,17H2,(H2,18,20)(H,19,21). The minimum absolute atomic E-state index is 0.106. The van der Waals surface area contributed by atoms with Gasteiger partial charge in [-0.15, -0.1) is 0 Å². The molecule has 0 heterocycles. The van der Waals surface area contributed by atoms with Crippen LogP contribution in [0.2, 0.25) is 0 Å². The topological polar surface area (TPSA) is 98.2 Å². The maximum Gasteiger partial charge on any atom is 0.237 e. The summed E-state index contributed by atoms with van der Waals surface area (Å²) in [5, 5.41) is 2.92. The predicted molar refractivity (Wildman–Crippen MR) is 81.4 cm³/mol. The summed E-state index contributed by atoms with van der Waals surface area (Å²) in [7, 11) is 0. The third-order valence-electron chi connectivity index (χ3n) is 4.10. The van der Waals surface area contributed by atoms with Crippen molar-refractivity contribution in [1.29, 1.82) is 0 Å². The lowest BCUT2D eigenvalue weighted by atomic mass is 9.81. The molecule has 5 N–H and O–H groups in total. The molecule has 0 bridgehead atoms. The molecule has 0 spiro atoms. The van der Waals surface area contributed by atoms with E-state index in [0.29, 0.717) is 5.92 Å². The number of carbonyl (C=O) groups excluding carboxylic acids is 2. The molecule has 5 nitrogen and oxygen atoms in total. The van der Waals surface area contributed by atoms with Crippen molar-refractivity contribution in [3.63, 3.8) is 0 Å². The molecule has 2 rings (SSSR count). The monoisotopic (exact) mass is 289 g/mol. The Morgan fingerprint density at radius 1 is 1.14 bits per heavy atom. The van der Waals surface area contributed by atoms with Gasteiger partial charge in [0.1, 0.15) is 0 Å². The van der Waals surface area contributed by atoms with Crippen LogP contribution in [0, 0.1) is 0 Å². The molecule has 1 saturated carbocycles. The van der Waals surface area contributed by atoms with Crippen LogP contribution in [0.25, 0.3) is 0 Å². The second kappa shape index (κ2) is 7.22. The van der Waals surface area contributed by atoms with Gasteiger partial charge in [-0.05, 0) is 37.2 Å². The molecule has 0 aromatic heterocycles. The Kier molecular flexibility index (Phi) is 5.33. The summed E-state index contributed by atoms with van der Waals surface area (Å²) >= 11 is 0. The van der Waals surface area contributed by atoms with Crippen molar-refractivity contribution >= 4 is 11.8 Å². The molecule has 1 aromatic carbocycles. The average molecular weight is 289 g/mol. The first-order valence-corrected chi connectivity index (χ1v) is 7.45. The SMILES string of the molecule is NC(=O)CC(N)C(=O)NC1CCC(c2ccccc2)CC1. The lowest BCUT2D eigenvalue weighted by Crippen LogP contribution is -2.47. The van der Waals surface area contributed by atoms with Crippen molar-refractivity contribution < 1.29 is 9.59 Å². The van der Waals surface area contributed by atoms with Crippen LogP contribution in [0.5, 0.6) is 0 Å². The molecule has 2 amide bonds. The van der Waals surface area contributed by atoms with Crippen LogP contribution in [0.15, 0.2) is 30.3 Å². The molecule has 0 radical (unpaired) electrons. The Bertz CT molecular complexity index is 482.